The maximum atomic E-state index is 13.0. The molecule has 3 aromatic rings. The number of nitrogens with one attached hydrogen (secondary N) is 1. The second-order valence-corrected chi connectivity index (χ2v) is 8.86. The lowest BCUT2D eigenvalue weighted by Crippen LogP contribution is -2.53. The topological polar surface area (TPSA) is 78.9 Å². The number of carbonyl (C=O) groups is 2. The standard InChI is InChI=1S/C26H21Cl2FN2O4/c27-21-2-1-3-22(28)24(21)25(32)30-23(26(33)34)12-16-6-10-19(11-7-16)35-20-14-31(15-20)13-17-4-8-18(29)9-5-17/h1-12,20H,13-15H2,(H,30,32)(H,33,34)/b23-12+. The van der Waals surface area contributed by atoms with Gasteiger partial charge in [0.25, 0.3) is 5.91 Å². The zero-order chi connectivity index (χ0) is 24.9. The van der Waals surface area contributed by atoms with Crippen LogP contribution < -0.4 is 10.1 Å². The molecule has 1 amide bonds. The molecule has 1 heterocycles. The van der Waals surface area contributed by atoms with Gasteiger partial charge in [0.15, 0.2) is 0 Å². The van der Waals surface area contributed by atoms with Crippen LogP contribution in [-0.4, -0.2) is 41.1 Å². The highest BCUT2D eigenvalue weighted by molar-refractivity contribution is 6.39. The fourth-order valence-electron chi connectivity index (χ4n) is 3.63. The summed E-state index contributed by atoms with van der Waals surface area (Å²) in [4.78, 5) is 26.4. The molecule has 0 spiro atoms. The number of hydrogen-bond donors (Lipinski definition) is 2. The Kier molecular flexibility index (Phi) is 7.70. The fraction of sp³-hybridized carbons (Fsp3) is 0.154. The minimum atomic E-state index is -1.31. The van der Waals surface area contributed by atoms with Crippen molar-refractivity contribution in [3.8, 4) is 5.75 Å². The predicted octanol–water partition coefficient (Wildman–Crippen LogP) is 5.25. The van der Waals surface area contributed by atoms with Crippen LogP contribution in [0.4, 0.5) is 4.39 Å². The maximum absolute atomic E-state index is 13.0. The van der Waals surface area contributed by atoms with Crippen LogP contribution in [-0.2, 0) is 11.3 Å². The van der Waals surface area contributed by atoms with Gasteiger partial charge in [0.1, 0.15) is 23.4 Å². The molecule has 0 aliphatic carbocycles. The summed E-state index contributed by atoms with van der Waals surface area (Å²) in [6.07, 6.45) is 1.37. The molecular weight excluding hydrogens is 494 g/mol. The Morgan fingerprint density at radius 1 is 1.03 bits per heavy atom. The third-order valence-electron chi connectivity index (χ3n) is 5.41. The van der Waals surface area contributed by atoms with Crippen LogP contribution in [0.1, 0.15) is 21.5 Å². The number of aliphatic carboxylic acids is 1. The van der Waals surface area contributed by atoms with Crippen molar-refractivity contribution in [2.75, 3.05) is 13.1 Å². The number of rotatable bonds is 8. The number of benzene rings is 3. The Balaban J connectivity index is 1.34. The monoisotopic (exact) mass is 514 g/mol. The highest BCUT2D eigenvalue weighted by Gasteiger charge is 2.28. The van der Waals surface area contributed by atoms with Crippen molar-refractivity contribution in [2.45, 2.75) is 12.6 Å². The Hall–Kier alpha value is -3.39. The number of likely N-dealkylation sites (tertiary alicyclic amines) is 1. The van der Waals surface area contributed by atoms with Crippen molar-refractivity contribution in [1.82, 2.24) is 10.2 Å². The summed E-state index contributed by atoms with van der Waals surface area (Å²) in [5.41, 5.74) is 1.28. The third kappa shape index (κ3) is 6.39. The Bertz CT molecular complexity index is 1240. The van der Waals surface area contributed by atoms with Crippen molar-refractivity contribution >= 4 is 41.2 Å². The Morgan fingerprint density at radius 2 is 1.66 bits per heavy atom. The molecule has 1 aliphatic heterocycles. The first-order valence-electron chi connectivity index (χ1n) is 10.7. The molecule has 0 atom stereocenters. The van der Waals surface area contributed by atoms with Gasteiger partial charge in [0.05, 0.1) is 15.6 Å². The van der Waals surface area contributed by atoms with Crippen molar-refractivity contribution in [3.05, 3.63) is 105 Å². The van der Waals surface area contributed by atoms with Crippen molar-refractivity contribution in [1.29, 1.82) is 0 Å². The Labute approximate surface area is 211 Å². The van der Waals surface area contributed by atoms with Crippen LogP contribution in [0, 0.1) is 5.82 Å². The van der Waals surface area contributed by atoms with Gasteiger partial charge in [-0.3, -0.25) is 9.69 Å². The van der Waals surface area contributed by atoms with E-state index in [0.717, 1.165) is 25.2 Å². The molecule has 2 N–H and O–H groups in total. The first kappa shape index (κ1) is 24.7. The van der Waals surface area contributed by atoms with Gasteiger partial charge in [-0.25, -0.2) is 9.18 Å². The Morgan fingerprint density at radius 3 is 2.26 bits per heavy atom. The van der Waals surface area contributed by atoms with Gasteiger partial charge in [0.2, 0.25) is 0 Å². The van der Waals surface area contributed by atoms with E-state index in [1.165, 1.54) is 30.3 Å². The lowest BCUT2D eigenvalue weighted by molar-refractivity contribution is -0.132. The average molecular weight is 515 g/mol. The number of ether oxygens (including phenoxy) is 1. The van der Waals surface area contributed by atoms with Crippen LogP contribution in [0.2, 0.25) is 10.0 Å². The maximum Gasteiger partial charge on any atom is 0.352 e. The number of carboxylic acid groups (broad SMARTS) is 1. The van der Waals surface area contributed by atoms with Gasteiger partial charge in [0, 0.05) is 19.6 Å². The van der Waals surface area contributed by atoms with E-state index < -0.39 is 11.9 Å². The summed E-state index contributed by atoms with van der Waals surface area (Å²) in [5.74, 6) is -1.63. The number of halogens is 3. The number of carbonyl (C=O) groups excluding carboxylic acids is 1. The first-order valence-corrected chi connectivity index (χ1v) is 11.5. The molecule has 0 aromatic heterocycles. The van der Waals surface area contributed by atoms with E-state index in [4.69, 9.17) is 27.9 Å². The quantitative estimate of drug-likeness (QED) is 0.401. The average Bonchev–Trinajstić information content (AvgIpc) is 2.79. The molecule has 3 aromatic carbocycles. The van der Waals surface area contributed by atoms with Crippen molar-refractivity contribution in [3.63, 3.8) is 0 Å². The number of hydrogen-bond acceptors (Lipinski definition) is 4. The van der Waals surface area contributed by atoms with Gasteiger partial charge < -0.3 is 15.2 Å². The normalized spacial score (nSPS) is 14.3. The molecule has 0 saturated carbocycles. The molecule has 1 aliphatic rings. The molecule has 1 saturated heterocycles. The van der Waals surface area contributed by atoms with E-state index in [-0.39, 0.29) is 33.2 Å². The summed E-state index contributed by atoms with van der Waals surface area (Å²) >= 11 is 12.1. The fourth-order valence-corrected chi connectivity index (χ4v) is 4.20. The van der Waals surface area contributed by atoms with Crippen molar-refractivity contribution < 1.29 is 23.8 Å². The predicted molar refractivity (Wildman–Crippen MR) is 132 cm³/mol. The van der Waals surface area contributed by atoms with Crippen LogP contribution in [0.3, 0.4) is 0 Å². The molecule has 9 heteroatoms. The number of carboxylic acids is 1. The summed E-state index contributed by atoms with van der Waals surface area (Å²) in [6.45, 7) is 2.23. The van der Waals surface area contributed by atoms with E-state index in [1.807, 2.05) is 0 Å². The number of amides is 1. The molecule has 0 radical (unpaired) electrons. The largest absolute Gasteiger partial charge is 0.488 e. The molecule has 6 nitrogen and oxygen atoms in total. The van der Waals surface area contributed by atoms with E-state index in [1.54, 1.807) is 42.5 Å². The van der Waals surface area contributed by atoms with Gasteiger partial charge in [-0.2, -0.15) is 0 Å². The summed E-state index contributed by atoms with van der Waals surface area (Å²) in [6, 6.07) is 17.9. The molecule has 1 fully saturated rings. The van der Waals surface area contributed by atoms with Gasteiger partial charge >= 0.3 is 5.97 Å². The lowest BCUT2D eigenvalue weighted by atomic mass is 10.1. The van der Waals surface area contributed by atoms with Crippen LogP contribution in [0.25, 0.3) is 6.08 Å². The van der Waals surface area contributed by atoms with E-state index >= 15 is 0 Å². The SMILES string of the molecule is O=C(O)/C(=C\c1ccc(OC2CN(Cc3ccc(F)cc3)C2)cc1)NC(=O)c1c(Cl)cccc1Cl. The molecular formula is C26H21Cl2FN2O4. The minimum Gasteiger partial charge on any atom is -0.488 e. The van der Waals surface area contributed by atoms with Gasteiger partial charge in [-0.05, 0) is 53.6 Å². The summed E-state index contributed by atoms with van der Waals surface area (Å²) < 4.78 is 19.0. The number of nitrogens with zero attached hydrogens (tertiary/aromatic N) is 1. The second-order valence-electron chi connectivity index (χ2n) is 8.04. The van der Waals surface area contributed by atoms with Gasteiger partial charge in [-0.1, -0.05) is 53.5 Å². The molecule has 180 valence electrons. The van der Waals surface area contributed by atoms with Crippen LogP contribution >= 0.6 is 23.2 Å². The zero-order valence-corrected chi connectivity index (χ0v) is 19.9. The van der Waals surface area contributed by atoms with E-state index in [0.29, 0.717) is 11.3 Å². The smallest absolute Gasteiger partial charge is 0.352 e. The van der Waals surface area contributed by atoms with E-state index in [2.05, 4.69) is 10.2 Å². The summed E-state index contributed by atoms with van der Waals surface area (Å²) in [5, 5.41) is 12.1. The van der Waals surface area contributed by atoms with Crippen LogP contribution in [0.15, 0.2) is 72.4 Å². The minimum absolute atomic E-state index is 0.000650. The van der Waals surface area contributed by atoms with E-state index in [9.17, 15) is 19.1 Å². The van der Waals surface area contributed by atoms with Crippen molar-refractivity contribution in [2.24, 2.45) is 0 Å². The van der Waals surface area contributed by atoms with Crippen LogP contribution in [0.5, 0.6) is 5.75 Å². The molecule has 4 rings (SSSR count). The zero-order valence-electron chi connectivity index (χ0n) is 18.4. The molecule has 35 heavy (non-hydrogen) atoms. The molecule has 0 bridgehead atoms. The lowest BCUT2D eigenvalue weighted by Gasteiger charge is -2.39. The molecule has 0 unspecified atom stereocenters. The second kappa shape index (κ2) is 10.9. The van der Waals surface area contributed by atoms with Gasteiger partial charge in [-0.15, -0.1) is 0 Å². The first-order chi connectivity index (χ1) is 16.8. The summed E-state index contributed by atoms with van der Waals surface area (Å²) in [7, 11) is 0. The third-order valence-corrected chi connectivity index (χ3v) is 6.04. The highest BCUT2D eigenvalue weighted by atomic mass is 35.5. The highest BCUT2D eigenvalue weighted by Crippen LogP contribution is 2.25.